The third kappa shape index (κ3) is 2.86. The van der Waals surface area contributed by atoms with E-state index >= 15 is 0 Å². The minimum atomic E-state index is -0.109. The van der Waals surface area contributed by atoms with E-state index in [1.807, 2.05) is 35.0 Å². The summed E-state index contributed by atoms with van der Waals surface area (Å²) in [5, 5.41) is 2.58. The summed E-state index contributed by atoms with van der Waals surface area (Å²) in [5.41, 5.74) is 2.36. The Morgan fingerprint density at radius 1 is 1.24 bits per heavy atom. The second-order valence-corrected chi connectivity index (χ2v) is 4.59. The lowest BCUT2D eigenvalue weighted by Crippen LogP contribution is -2.17. The zero-order valence-electron chi connectivity index (χ0n) is 11.6. The highest BCUT2D eigenvalue weighted by molar-refractivity contribution is 5.94. The van der Waals surface area contributed by atoms with Crippen LogP contribution in [0.2, 0.25) is 0 Å². The maximum Gasteiger partial charge on any atom is 0.251 e. The summed E-state index contributed by atoms with van der Waals surface area (Å²) in [6, 6.07) is 12.9. The van der Waals surface area contributed by atoms with Crippen molar-refractivity contribution in [3.63, 3.8) is 0 Å². The van der Waals surface area contributed by atoms with Gasteiger partial charge in [0.05, 0.1) is 5.69 Å². The fraction of sp³-hybridized carbons (Fsp3) is 0.125. The molecule has 3 rings (SSSR count). The zero-order valence-corrected chi connectivity index (χ0v) is 11.6. The summed E-state index contributed by atoms with van der Waals surface area (Å²) >= 11 is 0. The van der Waals surface area contributed by atoms with Gasteiger partial charge in [-0.15, -0.1) is 0 Å². The number of imidazole rings is 1. The van der Waals surface area contributed by atoms with Gasteiger partial charge in [0.15, 0.2) is 0 Å². The molecule has 0 saturated carbocycles. The monoisotopic (exact) mass is 281 g/mol. The van der Waals surface area contributed by atoms with Gasteiger partial charge in [-0.1, -0.05) is 6.07 Å². The molecule has 0 aliphatic heterocycles. The van der Waals surface area contributed by atoms with Crippen molar-refractivity contribution in [3.05, 3.63) is 66.1 Å². The van der Waals surface area contributed by atoms with Crippen LogP contribution in [-0.2, 0) is 6.61 Å². The Morgan fingerprint density at radius 2 is 2.05 bits per heavy atom. The van der Waals surface area contributed by atoms with Crippen molar-refractivity contribution in [2.24, 2.45) is 0 Å². The first kappa shape index (κ1) is 13.2. The zero-order chi connectivity index (χ0) is 14.7. The van der Waals surface area contributed by atoms with Crippen molar-refractivity contribution in [1.82, 2.24) is 14.7 Å². The lowest BCUT2D eigenvalue weighted by atomic mass is 10.2. The van der Waals surface area contributed by atoms with Crippen molar-refractivity contribution in [2.75, 3.05) is 7.05 Å². The SMILES string of the molecule is CNC(=O)c1ccc(OCc2cn3ccccc3n2)cc1. The molecule has 0 saturated heterocycles. The van der Waals surface area contributed by atoms with Crippen molar-refractivity contribution >= 4 is 11.6 Å². The average molecular weight is 281 g/mol. The number of carbonyl (C=O) groups is 1. The van der Waals surface area contributed by atoms with E-state index in [2.05, 4.69) is 10.3 Å². The molecular weight excluding hydrogens is 266 g/mol. The standard InChI is InChI=1S/C16H15N3O2/c1-17-16(20)12-5-7-14(8-6-12)21-11-13-10-19-9-3-2-4-15(19)18-13/h2-10H,11H2,1H3,(H,17,20). The molecule has 5 nitrogen and oxygen atoms in total. The third-order valence-corrected chi connectivity index (χ3v) is 3.14. The molecule has 106 valence electrons. The Labute approximate surface area is 122 Å². The molecule has 21 heavy (non-hydrogen) atoms. The Balaban J connectivity index is 1.68. The summed E-state index contributed by atoms with van der Waals surface area (Å²) in [6.45, 7) is 0.390. The lowest BCUT2D eigenvalue weighted by molar-refractivity contribution is 0.0963. The molecule has 5 heteroatoms. The molecule has 0 atom stereocenters. The van der Waals surface area contributed by atoms with Gasteiger partial charge in [0.2, 0.25) is 0 Å². The fourth-order valence-corrected chi connectivity index (χ4v) is 2.06. The number of fused-ring (bicyclic) bond motifs is 1. The molecule has 2 aromatic heterocycles. The molecule has 1 amide bonds. The highest BCUT2D eigenvalue weighted by Gasteiger charge is 2.04. The molecule has 0 unspecified atom stereocenters. The van der Waals surface area contributed by atoms with Crippen LogP contribution < -0.4 is 10.1 Å². The minimum Gasteiger partial charge on any atom is -0.487 e. The van der Waals surface area contributed by atoms with E-state index in [9.17, 15) is 4.79 Å². The second-order valence-electron chi connectivity index (χ2n) is 4.59. The first-order chi connectivity index (χ1) is 10.3. The van der Waals surface area contributed by atoms with Gasteiger partial charge in [-0.05, 0) is 36.4 Å². The van der Waals surface area contributed by atoms with Gasteiger partial charge in [0, 0.05) is 25.0 Å². The number of pyridine rings is 1. The van der Waals surface area contributed by atoms with Crippen LogP contribution >= 0.6 is 0 Å². The molecule has 0 spiro atoms. The lowest BCUT2D eigenvalue weighted by Gasteiger charge is -2.05. The summed E-state index contributed by atoms with van der Waals surface area (Å²) in [6.07, 6.45) is 3.89. The van der Waals surface area contributed by atoms with Crippen LogP contribution in [0.3, 0.4) is 0 Å². The van der Waals surface area contributed by atoms with E-state index in [0.29, 0.717) is 17.9 Å². The fourth-order valence-electron chi connectivity index (χ4n) is 2.06. The molecule has 3 aromatic rings. The number of nitrogens with one attached hydrogen (secondary N) is 1. The maximum absolute atomic E-state index is 11.4. The number of carbonyl (C=O) groups excluding carboxylic acids is 1. The van der Waals surface area contributed by atoms with Crippen molar-refractivity contribution in [3.8, 4) is 5.75 Å². The van der Waals surface area contributed by atoms with Crippen LogP contribution in [-0.4, -0.2) is 22.3 Å². The van der Waals surface area contributed by atoms with E-state index in [4.69, 9.17) is 4.74 Å². The summed E-state index contributed by atoms with van der Waals surface area (Å²) in [5.74, 6) is 0.599. The number of aromatic nitrogens is 2. The largest absolute Gasteiger partial charge is 0.487 e. The summed E-state index contributed by atoms with van der Waals surface area (Å²) in [4.78, 5) is 15.9. The Bertz CT molecular complexity index is 730. The van der Waals surface area contributed by atoms with E-state index in [1.165, 1.54) is 0 Å². The Hall–Kier alpha value is -2.82. The average Bonchev–Trinajstić information content (AvgIpc) is 2.95. The van der Waals surface area contributed by atoms with Crippen LogP contribution in [0.25, 0.3) is 5.65 Å². The molecular formula is C16H15N3O2. The number of nitrogens with zero attached hydrogens (tertiary/aromatic N) is 2. The van der Waals surface area contributed by atoms with Gasteiger partial charge in [0.1, 0.15) is 18.0 Å². The highest BCUT2D eigenvalue weighted by Crippen LogP contribution is 2.14. The van der Waals surface area contributed by atoms with Crippen LogP contribution in [0.5, 0.6) is 5.75 Å². The molecule has 0 bridgehead atoms. The minimum absolute atomic E-state index is 0.109. The topological polar surface area (TPSA) is 55.6 Å². The maximum atomic E-state index is 11.4. The Morgan fingerprint density at radius 3 is 2.76 bits per heavy atom. The predicted molar refractivity (Wildman–Crippen MR) is 79.4 cm³/mol. The van der Waals surface area contributed by atoms with Crippen LogP contribution in [0.15, 0.2) is 54.9 Å². The van der Waals surface area contributed by atoms with Crippen molar-refractivity contribution in [2.45, 2.75) is 6.61 Å². The summed E-state index contributed by atoms with van der Waals surface area (Å²) in [7, 11) is 1.61. The van der Waals surface area contributed by atoms with Crippen molar-refractivity contribution < 1.29 is 9.53 Å². The molecule has 0 radical (unpaired) electrons. The normalized spacial score (nSPS) is 10.5. The predicted octanol–water partition coefficient (Wildman–Crippen LogP) is 2.27. The van der Waals surface area contributed by atoms with Crippen LogP contribution in [0.4, 0.5) is 0 Å². The smallest absolute Gasteiger partial charge is 0.251 e. The third-order valence-electron chi connectivity index (χ3n) is 3.14. The molecule has 1 N–H and O–H groups in total. The second kappa shape index (κ2) is 5.66. The highest BCUT2D eigenvalue weighted by atomic mass is 16.5. The molecule has 0 aliphatic carbocycles. The van der Waals surface area contributed by atoms with Crippen LogP contribution in [0, 0.1) is 0 Å². The van der Waals surface area contributed by atoms with Gasteiger partial charge in [-0.25, -0.2) is 4.98 Å². The first-order valence-corrected chi connectivity index (χ1v) is 6.64. The number of hydrogen-bond acceptors (Lipinski definition) is 3. The molecule has 2 heterocycles. The number of amides is 1. The number of ether oxygens (including phenoxy) is 1. The summed E-state index contributed by atoms with van der Waals surface area (Å²) < 4.78 is 7.63. The van der Waals surface area contributed by atoms with E-state index in [-0.39, 0.29) is 5.91 Å². The Kier molecular flexibility index (Phi) is 3.55. The molecule has 0 aliphatic rings. The van der Waals surface area contributed by atoms with E-state index in [0.717, 1.165) is 11.3 Å². The van der Waals surface area contributed by atoms with Gasteiger partial charge in [0.25, 0.3) is 5.91 Å². The number of hydrogen-bond donors (Lipinski definition) is 1. The van der Waals surface area contributed by atoms with Gasteiger partial charge in [-0.3, -0.25) is 4.79 Å². The first-order valence-electron chi connectivity index (χ1n) is 6.64. The quantitative estimate of drug-likeness (QED) is 0.798. The van der Waals surface area contributed by atoms with Gasteiger partial charge >= 0.3 is 0 Å². The molecule has 1 aromatic carbocycles. The number of benzene rings is 1. The number of rotatable bonds is 4. The van der Waals surface area contributed by atoms with Crippen LogP contribution in [0.1, 0.15) is 16.1 Å². The van der Waals surface area contributed by atoms with Gasteiger partial charge < -0.3 is 14.5 Å². The van der Waals surface area contributed by atoms with E-state index in [1.54, 1.807) is 31.3 Å². The van der Waals surface area contributed by atoms with E-state index < -0.39 is 0 Å². The van der Waals surface area contributed by atoms with Crippen molar-refractivity contribution in [1.29, 1.82) is 0 Å². The molecule has 0 fully saturated rings. The van der Waals surface area contributed by atoms with Gasteiger partial charge in [-0.2, -0.15) is 0 Å².